The number of rotatable bonds is 5. The van der Waals surface area contributed by atoms with Crippen LogP contribution in [0.2, 0.25) is 0 Å². The number of aromatic carboxylic acids is 1. The molecule has 30 heavy (non-hydrogen) atoms. The minimum Gasteiger partial charge on any atom is -0.478 e. The number of carbonyl (C=O) groups excluding carboxylic acids is 1. The number of fused-ring (bicyclic) bond motifs is 1. The maximum Gasteiger partial charge on any atom is 0.337 e. The van der Waals surface area contributed by atoms with Crippen LogP contribution in [0, 0.1) is 0 Å². The number of hydrogen-bond acceptors (Lipinski definition) is 3. The highest BCUT2D eigenvalue weighted by Crippen LogP contribution is 2.40. The standard InChI is InChI=1S/C25H20N2O3/c28-24(18-4-2-1-3-5-18)27-11-10-19-12-16(6-9-23(19)27)13-22-21(25(29)30)14-20(15-26-22)17-7-8-17/h1-6,9-12,14-15,17H,7-8,13H2,(H,29,30). The van der Waals surface area contributed by atoms with E-state index in [0.717, 1.165) is 34.9 Å². The van der Waals surface area contributed by atoms with Crippen LogP contribution in [-0.2, 0) is 6.42 Å². The molecule has 5 heteroatoms. The molecular formula is C25H20N2O3. The fraction of sp³-hybridized carbons (Fsp3) is 0.160. The number of nitrogens with zero attached hydrogens (tertiary/aromatic N) is 2. The summed E-state index contributed by atoms with van der Waals surface area (Å²) in [5.41, 5.74) is 4.26. The van der Waals surface area contributed by atoms with Crippen LogP contribution in [0.4, 0.5) is 0 Å². The van der Waals surface area contributed by atoms with Crippen LogP contribution in [0.5, 0.6) is 0 Å². The Hall–Kier alpha value is -3.73. The highest BCUT2D eigenvalue weighted by atomic mass is 16.4. The van der Waals surface area contributed by atoms with E-state index in [1.165, 1.54) is 0 Å². The molecule has 0 atom stereocenters. The number of benzene rings is 2. The molecule has 0 spiro atoms. The number of hydrogen-bond donors (Lipinski definition) is 1. The molecule has 0 radical (unpaired) electrons. The summed E-state index contributed by atoms with van der Waals surface area (Å²) in [6.45, 7) is 0. The summed E-state index contributed by atoms with van der Waals surface area (Å²) in [4.78, 5) is 29.0. The van der Waals surface area contributed by atoms with E-state index in [1.54, 1.807) is 29.0 Å². The van der Waals surface area contributed by atoms with Gasteiger partial charge in [0, 0.05) is 29.8 Å². The Kier molecular flexibility index (Phi) is 4.43. The molecule has 5 rings (SSSR count). The molecule has 5 nitrogen and oxygen atoms in total. The Balaban J connectivity index is 1.45. The molecule has 148 valence electrons. The predicted octanol–water partition coefficient (Wildman–Crippen LogP) is 4.89. The van der Waals surface area contributed by atoms with Gasteiger partial charge in [0.15, 0.2) is 0 Å². The highest BCUT2D eigenvalue weighted by molar-refractivity contribution is 6.02. The number of carbonyl (C=O) groups is 2. The van der Waals surface area contributed by atoms with E-state index in [-0.39, 0.29) is 11.5 Å². The first-order chi connectivity index (χ1) is 14.6. The molecule has 0 amide bonds. The maximum absolute atomic E-state index is 12.8. The van der Waals surface area contributed by atoms with Crippen LogP contribution < -0.4 is 0 Å². The summed E-state index contributed by atoms with van der Waals surface area (Å²) >= 11 is 0. The van der Waals surface area contributed by atoms with E-state index >= 15 is 0 Å². The molecule has 1 aliphatic rings. The van der Waals surface area contributed by atoms with Gasteiger partial charge in [-0.2, -0.15) is 0 Å². The molecule has 0 bridgehead atoms. The largest absolute Gasteiger partial charge is 0.478 e. The van der Waals surface area contributed by atoms with E-state index in [0.29, 0.717) is 23.6 Å². The molecule has 4 aromatic rings. The Labute approximate surface area is 173 Å². The summed E-state index contributed by atoms with van der Waals surface area (Å²) in [6.07, 6.45) is 6.23. The normalized spacial score (nSPS) is 13.5. The molecule has 0 saturated heterocycles. The van der Waals surface area contributed by atoms with Gasteiger partial charge in [0.2, 0.25) is 0 Å². The zero-order chi connectivity index (χ0) is 20.7. The summed E-state index contributed by atoms with van der Waals surface area (Å²) in [5.74, 6) is -0.563. The van der Waals surface area contributed by atoms with Gasteiger partial charge in [-0.1, -0.05) is 24.3 Å². The van der Waals surface area contributed by atoms with Crippen LogP contribution in [0.15, 0.2) is 73.1 Å². The Morgan fingerprint density at radius 3 is 2.57 bits per heavy atom. The smallest absolute Gasteiger partial charge is 0.337 e. The minimum absolute atomic E-state index is 0.0798. The lowest BCUT2D eigenvalue weighted by molar-refractivity contribution is 0.0695. The zero-order valence-corrected chi connectivity index (χ0v) is 16.3. The van der Waals surface area contributed by atoms with Gasteiger partial charge in [-0.15, -0.1) is 0 Å². The van der Waals surface area contributed by atoms with E-state index in [9.17, 15) is 14.7 Å². The van der Waals surface area contributed by atoms with E-state index < -0.39 is 5.97 Å². The maximum atomic E-state index is 12.8. The molecule has 1 saturated carbocycles. The SMILES string of the molecule is O=C(O)c1cc(C2CC2)cnc1Cc1ccc2c(ccn2C(=O)c2ccccc2)c1. The van der Waals surface area contributed by atoms with Gasteiger partial charge in [0.1, 0.15) is 0 Å². The van der Waals surface area contributed by atoms with Gasteiger partial charge in [0.25, 0.3) is 5.91 Å². The Morgan fingerprint density at radius 1 is 1.03 bits per heavy atom. The second-order valence-electron chi connectivity index (χ2n) is 7.77. The lowest BCUT2D eigenvalue weighted by atomic mass is 10.0. The van der Waals surface area contributed by atoms with Crippen molar-refractivity contribution in [2.45, 2.75) is 25.2 Å². The van der Waals surface area contributed by atoms with Gasteiger partial charge in [-0.25, -0.2) is 4.79 Å². The fourth-order valence-electron chi connectivity index (χ4n) is 3.87. The van der Waals surface area contributed by atoms with E-state index in [1.807, 2.05) is 48.7 Å². The number of pyridine rings is 1. The molecule has 0 unspecified atom stereocenters. The average Bonchev–Trinajstić information content (AvgIpc) is 3.53. The molecular weight excluding hydrogens is 376 g/mol. The van der Waals surface area contributed by atoms with Gasteiger partial charge < -0.3 is 5.11 Å². The quantitative estimate of drug-likeness (QED) is 0.521. The third-order valence-electron chi connectivity index (χ3n) is 5.64. The van der Waals surface area contributed by atoms with Gasteiger partial charge in [-0.05, 0) is 66.3 Å². The topological polar surface area (TPSA) is 72.2 Å². The molecule has 1 fully saturated rings. The third kappa shape index (κ3) is 3.39. The van der Waals surface area contributed by atoms with Crippen molar-refractivity contribution in [3.63, 3.8) is 0 Å². The van der Waals surface area contributed by atoms with Crippen molar-refractivity contribution in [2.24, 2.45) is 0 Å². The molecule has 0 aliphatic heterocycles. The summed E-state index contributed by atoms with van der Waals surface area (Å²) < 4.78 is 1.64. The molecule has 1 aliphatic carbocycles. The third-order valence-corrected chi connectivity index (χ3v) is 5.64. The van der Waals surface area contributed by atoms with Crippen LogP contribution in [-0.4, -0.2) is 26.5 Å². The highest BCUT2D eigenvalue weighted by Gasteiger charge is 2.26. The first kappa shape index (κ1) is 18.3. The first-order valence-corrected chi connectivity index (χ1v) is 10.0. The van der Waals surface area contributed by atoms with Crippen molar-refractivity contribution in [1.29, 1.82) is 0 Å². The zero-order valence-electron chi connectivity index (χ0n) is 16.3. The second kappa shape index (κ2) is 7.26. The van der Waals surface area contributed by atoms with E-state index in [4.69, 9.17) is 0 Å². The van der Waals surface area contributed by atoms with Crippen molar-refractivity contribution >= 4 is 22.8 Å². The van der Waals surface area contributed by atoms with Crippen LogP contribution in [0.25, 0.3) is 10.9 Å². The predicted molar refractivity (Wildman–Crippen MR) is 114 cm³/mol. The van der Waals surface area contributed by atoms with Gasteiger partial charge in [-0.3, -0.25) is 14.3 Å². The Bertz CT molecular complexity index is 1270. The summed E-state index contributed by atoms with van der Waals surface area (Å²) in [7, 11) is 0. The molecule has 2 heterocycles. The van der Waals surface area contributed by atoms with Crippen LogP contribution in [0.3, 0.4) is 0 Å². The van der Waals surface area contributed by atoms with Crippen molar-refractivity contribution < 1.29 is 14.7 Å². The molecule has 2 aromatic heterocycles. The van der Waals surface area contributed by atoms with Crippen molar-refractivity contribution in [3.05, 3.63) is 101 Å². The molecule has 1 N–H and O–H groups in total. The molecule has 2 aromatic carbocycles. The lowest BCUT2D eigenvalue weighted by Crippen LogP contribution is -2.10. The Morgan fingerprint density at radius 2 is 1.83 bits per heavy atom. The number of aromatic nitrogens is 2. The lowest BCUT2D eigenvalue weighted by Gasteiger charge is -2.09. The van der Waals surface area contributed by atoms with Crippen LogP contribution in [0.1, 0.15) is 56.3 Å². The summed E-state index contributed by atoms with van der Waals surface area (Å²) in [6, 6.07) is 18.7. The van der Waals surface area contributed by atoms with Gasteiger partial charge in [0.05, 0.1) is 16.8 Å². The number of carboxylic acids is 1. The van der Waals surface area contributed by atoms with Crippen molar-refractivity contribution in [3.8, 4) is 0 Å². The average molecular weight is 396 g/mol. The summed E-state index contributed by atoms with van der Waals surface area (Å²) in [5, 5.41) is 10.6. The number of carboxylic acid groups (broad SMARTS) is 1. The minimum atomic E-state index is -0.944. The van der Waals surface area contributed by atoms with Crippen molar-refractivity contribution in [2.75, 3.05) is 0 Å². The monoisotopic (exact) mass is 396 g/mol. The first-order valence-electron chi connectivity index (χ1n) is 10.0. The van der Waals surface area contributed by atoms with Crippen LogP contribution >= 0.6 is 0 Å². The van der Waals surface area contributed by atoms with Gasteiger partial charge >= 0.3 is 5.97 Å². The second-order valence-corrected chi connectivity index (χ2v) is 7.77. The van der Waals surface area contributed by atoms with E-state index in [2.05, 4.69) is 4.98 Å². The van der Waals surface area contributed by atoms with Crippen molar-refractivity contribution in [1.82, 2.24) is 9.55 Å². The fourth-order valence-corrected chi connectivity index (χ4v) is 3.87.